The van der Waals surface area contributed by atoms with Gasteiger partial charge in [0.2, 0.25) is 0 Å². The number of hydrogen-bond donors (Lipinski definition) is 2. The predicted octanol–water partition coefficient (Wildman–Crippen LogP) is 4.92. The molecule has 2 atom stereocenters. The Morgan fingerprint density at radius 2 is 1.77 bits per heavy atom. The molecule has 8 heteroatoms. The first-order valence-electron chi connectivity index (χ1n) is 11.0. The van der Waals surface area contributed by atoms with Crippen LogP contribution in [0.25, 0.3) is 22.4 Å². The number of benzene rings is 2. The Balaban J connectivity index is 2.09. The molecule has 1 heterocycles. The zero-order chi connectivity index (χ0) is 25.6. The van der Waals surface area contributed by atoms with E-state index in [9.17, 15) is 18.9 Å². The monoisotopic (exact) mass is 495 g/mol. The maximum Gasteiger partial charge on any atom is 0.322 e. The molecule has 2 unspecified atom stereocenters. The highest BCUT2D eigenvalue weighted by Gasteiger charge is 2.24. The highest BCUT2D eigenvalue weighted by atomic mass is 31.1. The van der Waals surface area contributed by atoms with Gasteiger partial charge < -0.3 is 14.7 Å². The number of hydrogen-bond acceptors (Lipinski definition) is 5. The molecule has 0 saturated heterocycles. The van der Waals surface area contributed by atoms with E-state index < -0.39 is 31.9 Å². The van der Waals surface area contributed by atoms with Crippen LogP contribution in [0.5, 0.6) is 0 Å². The van der Waals surface area contributed by atoms with Crippen LogP contribution in [0.4, 0.5) is 4.39 Å². The summed E-state index contributed by atoms with van der Waals surface area (Å²) in [6.45, 7) is 5.97. The van der Waals surface area contributed by atoms with Crippen molar-refractivity contribution < 1.29 is 28.5 Å². The van der Waals surface area contributed by atoms with Crippen LogP contribution in [0.2, 0.25) is 0 Å². The van der Waals surface area contributed by atoms with Gasteiger partial charge in [0, 0.05) is 22.7 Å². The van der Waals surface area contributed by atoms with E-state index in [4.69, 9.17) is 14.6 Å². The van der Waals surface area contributed by atoms with E-state index in [0.29, 0.717) is 16.8 Å². The lowest BCUT2D eigenvalue weighted by Crippen LogP contribution is -2.18. The van der Waals surface area contributed by atoms with Crippen molar-refractivity contribution in [2.75, 3.05) is 6.16 Å². The Bertz CT molecular complexity index is 1280. The summed E-state index contributed by atoms with van der Waals surface area (Å²) in [5.74, 6) is 1.70. The van der Waals surface area contributed by atoms with E-state index >= 15 is 0 Å². The Hall–Kier alpha value is -3.30. The smallest absolute Gasteiger partial charge is 0.322 e. The molecule has 6 nitrogen and oxygen atoms in total. The molecule has 0 bridgehead atoms. The minimum Gasteiger partial charge on any atom is -0.392 e. The largest absolute Gasteiger partial charge is 0.392 e. The van der Waals surface area contributed by atoms with E-state index in [2.05, 4.69) is 12.0 Å². The minimum atomic E-state index is -2.91. The Morgan fingerprint density at radius 3 is 2.37 bits per heavy atom. The summed E-state index contributed by atoms with van der Waals surface area (Å²) >= 11 is 0. The van der Waals surface area contributed by atoms with E-state index in [1.807, 2.05) is 57.2 Å². The van der Waals surface area contributed by atoms with Crippen LogP contribution >= 0.6 is 8.03 Å². The molecule has 0 aliphatic rings. The highest BCUT2D eigenvalue weighted by Crippen LogP contribution is 2.35. The first kappa shape index (κ1) is 26.3. The first-order chi connectivity index (χ1) is 16.5. The van der Waals surface area contributed by atoms with Crippen LogP contribution in [0.1, 0.15) is 38.4 Å². The number of nitrogens with zero attached hydrogens (tertiary/aromatic N) is 1. The van der Waals surface area contributed by atoms with Crippen molar-refractivity contribution in [2.45, 2.75) is 38.7 Å². The first-order valence-corrected chi connectivity index (χ1v) is 12.6. The van der Waals surface area contributed by atoms with Crippen LogP contribution in [-0.4, -0.2) is 33.2 Å². The summed E-state index contributed by atoms with van der Waals surface area (Å²) in [7, 11) is -2.91. The third-order valence-corrected chi connectivity index (χ3v) is 5.93. The van der Waals surface area contributed by atoms with Gasteiger partial charge in [0.05, 0.1) is 29.5 Å². The van der Waals surface area contributed by atoms with Crippen LogP contribution in [-0.2, 0) is 19.5 Å². The van der Waals surface area contributed by atoms with Gasteiger partial charge in [-0.05, 0) is 29.7 Å². The molecule has 1 aromatic heterocycles. The van der Waals surface area contributed by atoms with Crippen molar-refractivity contribution in [2.24, 2.45) is 0 Å². The molecule has 35 heavy (non-hydrogen) atoms. The fourth-order valence-electron chi connectivity index (χ4n) is 3.47. The molecular formula is C27H27FNO5P. The zero-order valence-electron chi connectivity index (χ0n) is 19.7. The lowest BCUT2D eigenvalue weighted by atomic mass is 9.84. The van der Waals surface area contributed by atoms with E-state index in [1.54, 1.807) is 12.1 Å². The average Bonchev–Trinajstić information content (AvgIpc) is 2.79. The second-order valence-electron chi connectivity index (χ2n) is 9.06. The topological polar surface area (TPSA) is 96.7 Å². The number of rotatable bonds is 6. The average molecular weight is 495 g/mol. The van der Waals surface area contributed by atoms with Gasteiger partial charge in [0.15, 0.2) is 8.03 Å². The third-order valence-electron chi connectivity index (χ3n) is 5.11. The van der Waals surface area contributed by atoms with Gasteiger partial charge in [-0.3, -0.25) is 14.3 Å². The Kier molecular flexibility index (Phi) is 8.58. The minimum absolute atomic E-state index is 0.368. The van der Waals surface area contributed by atoms with Gasteiger partial charge in [-0.15, -0.1) is 0 Å². The molecule has 0 fully saturated rings. The number of carbonyl (C=O) groups is 1. The fraction of sp³-hybridized carbons (Fsp3) is 0.259. The van der Waals surface area contributed by atoms with E-state index in [1.165, 1.54) is 12.1 Å². The number of ether oxygens (including phenoxy) is 1. The van der Waals surface area contributed by atoms with E-state index in [0.717, 1.165) is 16.8 Å². The number of esters is 1. The Labute approximate surface area is 204 Å². The SMILES string of the molecule is CC(C)(C)c1nc(-c2ccccc2)cc(-c2ccc(F)cc2)c1C#COC(=O)CC(O)C[PH](=O)O. The molecule has 0 amide bonds. The predicted molar refractivity (Wildman–Crippen MR) is 133 cm³/mol. The molecule has 2 aromatic carbocycles. The number of aromatic nitrogens is 1. The highest BCUT2D eigenvalue weighted by molar-refractivity contribution is 7.38. The Morgan fingerprint density at radius 1 is 1.11 bits per heavy atom. The molecule has 0 spiro atoms. The molecule has 182 valence electrons. The van der Waals surface area contributed by atoms with Gasteiger partial charge in [-0.2, -0.15) is 0 Å². The van der Waals surface area contributed by atoms with Crippen LogP contribution < -0.4 is 0 Å². The molecular weight excluding hydrogens is 468 g/mol. The van der Waals surface area contributed by atoms with E-state index in [-0.39, 0.29) is 12.0 Å². The molecule has 0 aliphatic heterocycles. The maximum atomic E-state index is 13.6. The van der Waals surface area contributed by atoms with Crippen molar-refractivity contribution >= 4 is 14.0 Å². The third kappa shape index (κ3) is 7.34. The van der Waals surface area contributed by atoms with Crippen molar-refractivity contribution in [3.05, 3.63) is 77.7 Å². The lowest BCUT2D eigenvalue weighted by molar-refractivity contribution is -0.138. The summed E-state index contributed by atoms with van der Waals surface area (Å²) in [4.78, 5) is 25.8. The molecule has 0 aliphatic carbocycles. The van der Waals surface area contributed by atoms with Gasteiger partial charge in [-0.1, -0.05) is 63.2 Å². The summed E-state index contributed by atoms with van der Waals surface area (Å²) in [6, 6.07) is 17.5. The molecule has 3 rings (SSSR count). The normalized spacial score (nSPS) is 12.9. The molecule has 0 radical (unpaired) electrons. The van der Waals surface area contributed by atoms with Crippen molar-refractivity contribution in [3.63, 3.8) is 0 Å². The summed E-state index contributed by atoms with van der Waals surface area (Å²) < 4.78 is 29.5. The summed E-state index contributed by atoms with van der Waals surface area (Å²) in [5.41, 5.74) is 3.81. The summed E-state index contributed by atoms with van der Waals surface area (Å²) in [5, 5.41) is 9.69. The lowest BCUT2D eigenvalue weighted by Gasteiger charge is -2.23. The second kappa shape index (κ2) is 11.4. The van der Waals surface area contributed by atoms with Crippen LogP contribution in [0, 0.1) is 17.8 Å². The standard InChI is InChI=1S/C27H27FNO5P/c1-27(2,3)26-22(13-14-34-25(31)15-21(30)17-35(32)33)23(18-9-11-20(28)12-10-18)16-24(29-26)19-7-5-4-6-8-19/h4-12,16,21,30,35H,15,17H2,1-3H3,(H,32,33). The number of carbonyl (C=O) groups excluding carboxylic acids is 1. The summed E-state index contributed by atoms with van der Waals surface area (Å²) in [6.07, 6.45) is 0.273. The number of aliphatic hydroxyl groups excluding tert-OH is 1. The molecule has 2 N–H and O–H groups in total. The number of pyridine rings is 1. The van der Waals surface area contributed by atoms with Crippen LogP contribution in [0.15, 0.2) is 60.7 Å². The zero-order valence-corrected chi connectivity index (χ0v) is 20.7. The van der Waals surface area contributed by atoms with Crippen molar-refractivity contribution in [1.82, 2.24) is 4.98 Å². The van der Waals surface area contributed by atoms with Gasteiger partial charge in [0.1, 0.15) is 11.9 Å². The second-order valence-corrected chi connectivity index (χ2v) is 10.3. The van der Waals surface area contributed by atoms with Crippen molar-refractivity contribution in [1.29, 1.82) is 0 Å². The molecule has 3 aromatic rings. The quantitative estimate of drug-likeness (QED) is 0.286. The molecule has 0 saturated carbocycles. The fourth-order valence-corrected chi connectivity index (χ4v) is 4.02. The maximum absolute atomic E-state index is 13.6. The van der Waals surface area contributed by atoms with Gasteiger partial charge in [-0.25, -0.2) is 4.39 Å². The number of halogens is 1. The van der Waals surface area contributed by atoms with Crippen LogP contribution in [0.3, 0.4) is 0 Å². The van der Waals surface area contributed by atoms with Crippen molar-refractivity contribution in [3.8, 4) is 34.4 Å². The van der Waals surface area contributed by atoms with Gasteiger partial charge >= 0.3 is 5.97 Å². The number of aliphatic hydroxyl groups is 1. The van der Waals surface area contributed by atoms with Gasteiger partial charge in [0.25, 0.3) is 0 Å².